The molecule has 0 saturated heterocycles. The van der Waals surface area contributed by atoms with Crippen molar-refractivity contribution in [2.75, 3.05) is 0 Å². The second-order valence-electron chi connectivity index (χ2n) is 4.18. The number of pyridine rings is 1. The largest absolute Gasteiger partial charge is 0.481 e. The summed E-state index contributed by atoms with van der Waals surface area (Å²) < 4.78 is 39.3. The number of carbonyl (C=O) groups is 1. The van der Waals surface area contributed by atoms with E-state index in [4.69, 9.17) is 5.11 Å². The molecule has 0 amide bonds. The van der Waals surface area contributed by atoms with Gasteiger partial charge in [-0.3, -0.25) is 9.78 Å². The summed E-state index contributed by atoms with van der Waals surface area (Å²) in [5, 5.41) is 8.66. The van der Waals surface area contributed by atoms with Crippen LogP contribution in [0.3, 0.4) is 0 Å². The zero-order valence-electron chi connectivity index (χ0n) is 10.2. The third-order valence-corrected chi connectivity index (χ3v) is 2.74. The summed E-state index contributed by atoms with van der Waals surface area (Å²) in [5.41, 5.74) is -0.340. The first kappa shape index (κ1) is 14.0. The molecule has 1 aromatic carbocycles. The van der Waals surface area contributed by atoms with Crippen molar-refractivity contribution >= 4 is 5.97 Å². The number of alkyl halides is 3. The van der Waals surface area contributed by atoms with Crippen LogP contribution in [-0.4, -0.2) is 16.1 Å². The lowest BCUT2D eigenvalue weighted by molar-refractivity contribution is -0.138. The fraction of sp³-hybridized carbons (Fsp3) is 0.143. The maximum atomic E-state index is 13.1. The lowest BCUT2D eigenvalue weighted by Crippen LogP contribution is -2.09. The quantitative estimate of drug-likeness (QED) is 0.938. The van der Waals surface area contributed by atoms with Crippen LogP contribution in [0.5, 0.6) is 0 Å². The number of aliphatic carboxylic acids is 1. The van der Waals surface area contributed by atoms with Crippen LogP contribution in [0.25, 0.3) is 11.1 Å². The Hall–Kier alpha value is -2.37. The Bertz CT molecular complexity index is 624. The molecule has 0 atom stereocenters. The second-order valence-corrected chi connectivity index (χ2v) is 4.18. The molecule has 0 aliphatic carbocycles. The van der Waals surface area contributed by atoms with Crippen LogP contribution < -0.4 is 0 Å². The number of rotatable bonds is 3. The van der Waals surface area contributed by atoms with E-state index in [9.17, 15) is 18.0 Å². The molecule has 0 bridgehead atoms. The molecule has 1 N–H and O–H groups in total. The van der Waals surface area contributed by atoms with Crippen LogP contribution in [0.15, 0.2) is 42.7 Å². The van der Waals surface area contributed by atoms with E-state index < -0.39 is 24.1 Å². The number of carboxylic acids is 1. The molecule has 0 aliphatic heterocycles. The molecule has 3 nitrogen and oxygen atoms in total. The number of nitrogens with zero attached hydrogens (tertiary/aromatic N) is 1. The van der Waals surface area contributed by atoms with Crippen molar-refractivity contribution in [3.05, 3.63) is 53.9 Å². The molecule has 0 radical (unpaired) electrons. The summed E-state index contributed by atoms with van der Waals surface area (Å²) in [6.45, 7) is 0. The summed E-state index contributed by atoms with van der Waals surface area (Å²) in [5.74, 6) is -1.17. The molecular weight excluding hydrogens is 271 g/mol. The lowest BCUT2D eigenvalue weighted by atomic mass is 9.97. The van der Waals surface area contributed by atoms with Gasteiger partial charge in [-0.25, -0.2) is 0 Å². The van der Waals surface area contributed by atoms with Crippen LogP contribution in [0.1, 0.15) is 11.1 Å². The normalized spacial score (nSPS) is 11.3. The maximum Gasteiger partial charge on any atom is 0.417 e. The Morgan fingerprint density at radius 2 is 1.80 bits per heavy atom. The molecule has 0 saturated carbocycles. The van der Waals surface area contributed by atoms with E-state index in [2.05, 4.69) is 4.98 Å². The summed E-state index contributed by atoms with van der Waals surface area (Å²) in [6, 6.07) is 6.50. The van der Waals surface area contributed by atoms with Crippen LogP contribution in [-0.2, 0) is 17.4 Å². The van der Waals surface area contributed by atoms with Crippen LogP contribution in [0, 0.1) is 0 Å². The summed E-state index contributed by atoms with van der Waals surface area (Å²) in [4.78, 5) is 14.4. The Labute approximate surface area is 112 Å². The standard InChI is InChI=1S/C14H10F3NO2/c15-14(16,17)12-7-9(8-13(19)20)1-2-11(12)10-3-5-18-6-4-10/h1-7H,8H2,(H,19,20). The maximum absolute atomic E-state index is 13.1. The minimum absolute atomic E-state index is 0.00837. The van der Waals surface area contributed by atoms with E-state index >= 15 is 0 Å². The summed E-state index contributed by atoms with van der Waals surface area (Å²) >= 11 is 0. The van der Waals surface area contributed by atoms with Crippen LogP contribution >= 0.6 is 0 Å². The van der Waals surface area contributed by atoms with Gasteiger partial charge in [0.2, 0.25) is 0 Å². The number of aromatic nitrogens is 1. The second kappa shape index (κ2) is 5.32. The minimum Gasteiger partial charge on any atom is -0.481 e. The van der Waals surface area contributed by atoms with E-state index in [1.807, 2.05) is 0 Å². The molecule has 0 unspecified atom stereocenters. The van der Waals surface area contributed by atoms with Crippen molar-refractivity contribution in [3.63, 3.8) is 0 Å². The first-order chi connectivity index (χ1) is 9.38. The van der Waals surface area contributed by atoms with Gasteiger partial charge in [0.25, 0.3) is 0 Å². The number of hydrogen-bond acceptors (Lipinski definition) is 2. The average Bonchev–Trinajstić information content (AvgIpc) is 2.38. The molecule has 0 aliphatic rings. The molecule has 1 aromatic heterocycles. The number of benzene rings is 1. The molecule has 2 aromatic rings. The Balaban J connectivity index is 2.55. The van der Waals surface area contributed by atoms with Crippen molar-refractivity contribution in [2.24, 2.45) is 0 Å². The number of carboxylic acid groups (broad SMARTS) is 1. The van der Waals surface area contributed by atoms with Gasteiger partial charge in [-0.05, 0) is 34.9 Å². The van der Waals surface area contributed by atoms with E-state index in [-0.39, 0.29) is 11.1 Å². The van der Waals surface area contributed by atoms with Gasteiger partial charge in [-0.15, -0.1) is 0 Å². The SMILES string of the molecule is O=C(O)Cc1ccc(-c2ccncc2)c(C(F)(F)F)c1. The molecule has 0 fully saturated rings. The Morgan fingerprint density at radius 1 is 1.15 bits per heavy atom. The predicted octanol–water partition coefficient (Wildman–Crippen LogP) is 3.39. The third kappa shape index (κ3) is 3.14. The van der Waals surface area contributed by atoms with E-state index in [1.54, 1.807) is 0 Å². The van der Waals surface area contributed by atoms with Crippen molar-refractivity contribution in [1.82, 2.24) is 4.98 Å². The predicted molar refractivity (Wildman–Crippen MR) is 66.0 cm³/mol. The van der Waals surface area contributed by atoms with E-state index in [0.717, 1.165) is 6.07 Å². The Morgan fingerprint density at radius 3 is 2.35 bits per heavy atom. The fourth-order valence-electron chi connectivity index (χ4n) is 1.89. The van der Waals surface area contributed by atoms with Crippen LogP contribution in [0.2, 0.25) is 0 Å². The highest BCUT2D eigenvalue weighted by atomic mass is 19.4. The zero-order valence-corrected chi connectivity index (χ0v) is 10.2. The van der Waals surface area contributed by atoms with Crippen LogP contribution in [0.4, 0.5) is 13.2 Å². The number of hydrogen-bond donors (Lipinski definition) is 1. The number of halogens is 3. The summed E-state index contributed by atoms with van der Waals surface area (Å²) in [6.07, 6.45) is -2.19. The molecule has 104 valence electrons. The van der Waals surface area contributed by atoms with Gasteiger partial charge in [0.1, 0.15) is 0 Å². The summed E-state index contributed by atoms with van der Waals surface area (Å²) in [7, 11) is 0. The highest BCUT2D eigenvalue weighted by Gasteiger charge is 2.34. The van der Waals surface area contributed by atoms with Crippen molar-refractivity contribution < 1.29 is 23.1 Å². The molecule has 6 heteroatoms. The van der Waals surface area contributed by atoms with Gasteiger partial charge >= 0.3 is 12.1 Å². The first-order valence-electron chi connectivity index (χ1n) is 5.70. The van der Waals surface area contributed by atoms with E-state index in [0.29, 0.717) is 5.56 Å². The van der Waals surface area contributed by atoms with Gasteiger partial charge in [-0.2, -0.15) is 13.2 Å². The van der Waals surface area contributed by atoms with Gasteiger partial charge in [0, 0.05) is 12.4 Å². The van der Waals surface area contributed by atoms with Gasteiger partial charge < -0.3 is 5.11 Å². The minimum atomic E-state index is -4.55. The molecule has 0 spiro atoms. The highest BCUT2D eigenvalue weighted by Crippen LogP contribution is 2.37. The van der Waals surface area contributed by atoms with Crippen molar-refractivity contribution in [1.29, 1.82) is 0 Å². The van der Waals surface area contributed by atoms with Crippen molar-refractivity contribution in [3.8, 4) is 11.1 Å². The van der Waals surface area contributed by atoms with E-state index in [1.165, 1.54) is 36.7 Å². The zero-order chi connectivity index (χ0) is 14.8. The van der Waals surface area contributed by atoms with Gasteiger partial charge in [0.05, 0.1) is 12.0 Å². The van der Waals surface area contributed by atoms with Gasteiger partial charge in [-0.1, -0.05) is 12.1 Å². The molecule has 1 heterocycles. The molecule has 20 heavy (non-hydrogen) atoms. The smallest absolute Gasteiger partial charge is 0.417 e. The lowest BCUT2D eigenvalue weighted by Gasteiger charge is -2.14. The fourth-order valence-corrected chi connectivity index (χ4v) is 1.89. The highest BCUT2D eigenvalue weighted by molar-refractivity contribution is 5.72. The topological polar surface area (TPSA) is 50.2 Å². The third-order valence-electron chi connectivity index (χ3n) is 2.74. The first-order valence-corrected chi connectivity index (χ1v) is 5.70. The Kier molecular flexibility index (Phi) is 3.74. The molecule has 2 rings (SSSR count). The van der Waals surface area contributed by atoms with Gasteiger partial charge in [0.15, 0.2) is 0 Å². The molecular formula is C14H10F3NO2. The average molecular weight is 281 g/mol. The monoisotopic (exact) mass is 281 g/mol. The van der Waals surface area contributed by atoms with Crippen molar-refractivity contribution in [2.45, 2.75) is 12.6 Å².